The summed E-state index contributed by atoms with van der Waals surface area (Å²) >= 11 is 3.40. The zero-order valence-electron chi connectivity index (χ0n) is 16.6. The number of hydrogen-bond donors (Lipinski definition) is 1. The van der Waals surface area contributed by atoms with Crippen molar-refractivity contribution in [3.63, 3.8) is 0 Å². The average molecular weight is 489 g/mol. The van der Waals surface area contributed by atoms with E-state index in [1.54, 1.807) is 18.2 Å². The maximum Gasteiger partial charge on any atom is 0.335 e. The molecule has 31 heavy (non-hydrogen) atoms. The summed E-state index contributed by atoms with van der Waals surface area (Å²) in [5.41, 5.74) is 0.544. The molecule has 0 aliphatic carbocycles. The van der Waals surface area contributed by atoms with Crippen molar-refractivity contribution in [3.8, 4) is 23.0 Å². The molecule has 4 rings (SSSR count). The summed E-state index contributed by atoms with van der Waals surface area (Å²) in [6.45, 7) is 2.27. The van der Waals surface area contributed by atoms with Crippen molar-refractivity contribution in [1.29, 1.82) is 0 Å². The van der Waals surface area contributed by atoms with Gasteiger partial charge in [0.05, 0.1) is 23.9 Å². The minimum absolute atomic E-state index is 0.0527. The highest BCUT2D eigenvalue weighted by Crippen LogP contribution is 2.38. The normalized spacial score (nSPS) is 16.5. The van der Waals surface area contributed by atoms with Gasteiger partial charge in [0.2, 0.25) is 6.79 Å². The molecule has 2 aliphatic heterocycles. The second-order valence-electron chi connectivity index (χ2n) is 6.46. The molecule has 2 heterocycles. The summed E-state index contributed by atoms with van der Waals surface area (Å²) < 4.78 is 22.1. The first-order valence-electron chi connectivity index (χ1n) is 9.24. The molecule has 10 heteroatoms. The standard InChI is InChI=1S/C21H17BrN2O7/c1-3-29-17-8-11(7-14(22)18(17)28-2)6-13-19(25)23-21(27)24(20(13)26)12-4-5-15-16(9-12)31-10-30-15/h4-9H,3,10H2,1-2H3,(H,23,25,27). The number of halogens is 1. The third-order valence-corrected chi connectivity index (χ3v) is 5.15. The van der Waals surface area contributed by atoms with Crippen LogP contribution in [0.15, 0.2) is 40.4 Å². The number of carbonyl (C=O) groups excluding carboxylic acids is 3. The van der Waals surface area contributed by atoms with Crippen molar-refractivity contribution in [3.05, 3.63) is 45.9 Å². The Balaban J connectivity index is 1.73. The molecule has 1 fully saturated rings. The molecule has 2 aliphatic rings. The van der Waals surface area contributed by atoms with Crippen LogP contribution in [0.5, 0.6) is 23.0 Å². The summed E-state index contributed by atoms with van der Waals surface area (Å²) in [5, 5.41) is 2.19. The van der Waals surface area contributed by atoms with Crippen molar-refractivity contribution in [2.45, 2.75) is 6.92 Å². The maximum absolute atomic E-state index is 13.1. The van der Waals surface area contributed by atoms with Gasteiger partial charge in [-0.2, -0.15) is 0 Å². The second-order valence-corrected chi connectivity index (χ2v) is 7.32. The highest BCUT2D eigenvalue weighted by atomic mass is 79.9. The highest BCUT2D eigenvalue weighted by molar-refractivity contribution is 9.10. The van der Waals surface area contributed by atoms with E-state index >= 15 is 0 Å². The molecule has 2 aromatic rings. The Morgan fingerprint density at radius 3 is 2.68 bits per heavy atom. The molecule has 1 N–H and O–H groups in total. The third kappa shape index (κ3) is 3.81. The Morgan fingerprint density at radius 1 is 1.16 bits per heavy atom. The molecule has 0 atom stereocenters. The van der Waals surface area contributed by atoms with Crippen LogP contribution in [0, 0.1) is 0 Å². The van der Waals surface area contributed by atoms with Crippen LogP contribution < -0.4 is 29.2 Å². The Labute approximate surface area is 185 Å². The van der Waals surface area contributed by atoms with E-state index in [4.69, 9.17) is 18.9 Å². The van der Waals surface area contributed by atoms with Crippen molar-refractivity contribution in [2.75, 3.05) is 25.4 Å². The van der Waals surface area contributed by atoms with Crippen molar-refractivity contribution in [2.24, 2.45) is 0 Å². The molecule has 0 bridgehead atoms. The van der Waals surface area contributed by atoms with Gasteiger partial charge >= 0.3 is 6.03 Å². The molecule has 0 aromatic heterocycles. The number of urea groups is 1. The number of ether oxygens (including phenoxy) is 4. The Kier molecular flexibility index (Phi) is 5.55. The van der Waals surface area contributed by atoms with E-state index in [9.17, 15) is 14.4 Å². The van der Waals surface area contributed by atoms with Crippen LogP contribution in [0.2, 0.25) is 0 Å². The number of carbonyl (C=O) groups is 3. The first-order chi connectivity index (χ1) is 14.9. The van der Waals surface area contributed by atoms with E-state index in [1.165, 1.54) is 25.3 Å². The van der Waals surface area contributed by atoms with E-state index in [0.717, 1.165) is 4.90 Å². The summed E-state index contributed by atoms with van der Waals surface area (Å²) in [4.78, 5) is 38.8. The smallest absolute Gasteiger partial charge is 0.335 e. The molecule has 4 amide bonds. The third-order valence-electron chi connectivity index (χ3n) is 4.56. The number of hydrogen-bond acceptors (Lipinski definition) is 7. The molecule has 2 aromatic carbocycles. The lowest BCUT2D eigenvalue weighted by Crippen LogP contribution is -2.54. The lowest BCUT2D eigenvalue weighted by Gasteiger charge is -2.26. The Morgan fingerprint density at radius 2 is 1.94 bits per heavy atom. The Bertz CT molecular complexity index is 1130. The zero-order valence-corrected chi connectivity index (χ0v) is 18.1. The highest BCUT2D eigenvalue weighted by Gasteiger charge is 2.37. The SMILES string of the molecule is CCOc1cc(C=C2C(=O)NC(=O)N(c3ccc4c(c3)OCO4)C2=O)cc(Br)c1OC. The monoisotopic (exact) mass is 488 g/mol. The quantitative estimate of drug-likeness (QED) is 0.508. The molecule has 1 saturated heterocycles. The fourth-order valence-corrected chi connectivity index (χ4v) is 3.84. The number of nitrogens with zero attached hydrogens (tertiary/aromatic N) is 1. The number of nitrogens with one attached hydrogen (secondary N) is 1. The lowest BCUT2D eigenvalue weighted by molar-refractivity contribution is -0.122. The van der Waals surface area contributed by atoms with Crippen LogP contribution in [-0.2, 0) is 9.59 Å². The minimum atomic E-state index is -0.850. The topological polar surface area (TPSA) is 103 Å². The number of methoxy groups -OCH3 is 1. The number of amides is 4. The van der Waals surface area contributed by atoms with Gasteiger partial charge in [-0.05, 0) is 58.8 Å². The number of fused-ring (bicyclic) bond motifs is 1. The van der Waals surface area contributed by atoms with Gasteiger partial charge in [0.1, 0.15) is 5.57 Å². The molecule has 0 radical (unpaired) electrons. The molecule has 160 valence electrons. The van der Waals surface area contributed by atoms with Gasteiger partial charge in [0.15, 0.2) is 23.0 Å². The molecular formula is C21H17BrN2O7. The number of barbiturate groups is 1. The number of imide groups is 2. The number of rotatable bonds is 5. The summed E-state index contributed by atoms with van der Waals surface area (Å²) in [7, 11) is 1.51. The first kappa shape index (κ1) is 20.7. The maximum atomic E-state index is 13.1. The Hall–Kier alpha value is -3.53. The van der Waals surface area contributed by atoms with Gasteiger partial charge in [0.25, 0.3) is 11.8 Å². The summed E-state index contributed by atoms with van der Waals surface area (Å²) in [5.74, 6) is 0.279. The van der Waals surface area contributed by atoms with Crippen LogP contribution in [-0.4, -0.2) is 38.4 Å². The summed E-state index contributed by atoms with van der Waals surface area (Å²) in [6, 6.07) is 7.10. The van der Waals surface area contributed by atoms with E-state index in [2.05, 4.69) is 21.2 Å². The number of anilines is 1. The second kappa shape index (κ2) is 8.31. The molecule has 0 unspecified atom stereocenters. The van der Waals surface area contributed by atoms with Crippen LogP contribution in [0.3, 0.4) is 0 Å². The fraction of sp³-hybridized carbons (Fsp3) is 0.190. The van der Waals surface area contributed by atoms with Gasteiger partial charge in [-0.3, -0.25) is 14.9 Å². The van der Waals surface area contributed by atoms with E-state index in [1.807, 2.05) is 6.92 Å². The van der Waals surface area contributed by atoms with Crippen LogP contribution in [0.25, 0.3) is 6.08 Å². The predicted octanol–water partition coefficient (Wildman–Crippen LogP) is 3.25. The van der Waals surface area contributed by atoms with E-state index in [0.29, 0.717) is 39.6 Å². The zero-order chi connectivity index (χ0) is 22.1. The van der Waals surface area contributed by atoms with E-state index in [-0.39, 0.29) is 18.1 Å². The fourth-order valence-electron chi connectivity index (χ4n) is 3.22. The molecule has 0 spiro atoms. The minimum Gasteiger partial charge on any atom is -0.492 e. The number of benzene rings is 2. The van der Waals surface area contributed by atoms with E-state index < -0.39 is 17.8 Å². The molecule has 0 saturated carbocycles. The van der Waals surface area contributed by atoms with Crippen LogP contribution >= 0.6 is 15.9 Å². The molecular weight excluding hydrogens is 472 g/mol. The van der Waals surface area contributed by atoms with Crippen LogP contribution in [0.1, 0.15) is 12.5 Å². The summed E-state index contributed by atoms with van der Waals surface area (Å²) in [6.07, 6.45) is 1.39. The van der Waals surface area contributed by atoms with Crippen LogP contribution in [0.4, 0.5) is 10.5 Å². The van der Waals surface area contributed by atoms with Crippen molar-refractivity contribution < 1.29 is 33.3 Å². The predicted molar refractivity (Wildman–Crippen MR) is 113 cm³/mol. The van der Waals surface area contributed by atoms with Gasteiger partial charge in [0, 0.05) is 6.07 Å². The lowest BCUT2D eigenvalue weighted by atomic mass is 10.1. The average Bonchev–Trinajstić information content (AvgIpc) is 3.19. The van der Waals surface area contributed by atoms with Gasteiger partial charge in [-0.15, -0.1) is 0 Å². The van der Waals surface area contributed by atoms with Gasteiger partial charge < -0.3 is 18.9 Å². The van der Waals surface area contributed by atoms with Crippen molar-refractivity contribution in [1.82, 2.24) is 5.32 Å². The molecule has 9 nitrogen and oxygen atoms in total. The first-order valence-corrected chi connectivity index (χ1v) is 10.0. The largest absolute Gasteiger partial charge is 0.492 e. The van der Waals surface area contributed by atoms with Gasteiger partial charge in [-0.1, -0.05) is 0 Å². The van der Waals surface area contributed by atoms with Gasteiger partial charge in [-0.25, -0.2) is 9.69 Å². The van der Waals surface area contributed by atoms with Crippen molar-refractivity contribution >= 4 is 45.5 Å².